The summed E-state index contributed by atoms with van der Waals surface area (Å²) in [6.07, 6.45) is 0. The van der Waals surface area contributed by atoms with Crippen molar-refractivity contribution < 1.29 is 14.1 Å². The lowest BCUT2D eigenvalue weighted by Crippen LogP contribution is -2.10. The molecule has 0 spiro atoms. The lowest BCUT2D eigenvalue weighted by Gasteiger charge is -2.15. The van der Waals surface area contributed by atoms with Gasteiger partial charge in [-0.25, -0.2) is 4.39 Å². The molecule has 2 rings (SSSR count). The number of hydrogen-bond donors (Lipinski definition) is 1. The highest BCUT2D eigenvalue weighted by Crippen LogP contribution is 2.28. The molecule has 0 aliphatic heterocycles. The molecule has 110 valence electrons. The van der Waals surface area contributed by atoms with Gasteiger partial charge >= 0.3 is 5.69 Å². The molecule has 1 atom stereocenters. The van der Waals surface area contributed by atoms with Crippen LogP contribution in [0.25, 0.3) is 0 Å². The zero-order valence-electron chi connectivity index (χ0n) is 11.5. The standard InChI is InChI=1S/C14H14FN3O3/c1-9(10-4-3-5-11(15)8-10)16-14-12(18(19)20)6-7-13(17-14)21-2/h3-9H,1-2H3,(H,16,17). The molecule has 1 unspecified atom stereocenters. The number of ether oxygens (including phenoxy) is 1. The van der Waals surface area contributed by atoms with E-state index in [0.717, 1.165) is 0 Å². The van der Waals surface area contributed by atoms with Crippen molar-refractivity contribution in [1.82, 2.24) is 4.98 Å². The van der Waals surface area contributed by atoms with Gasteiger partial charge in [-0.3, -0.25) is 10.1 Å². The summed E-state index contributed by atoms with van der Waals surface area (Å²) in [5, 5.41) is 13.9. The zero-order valence-corrected chi connectivity index (χ0v) is 11.5. The number of nitro groups is 1. The molecule has 7 heteroatoms. The smallest absolute Gasteiger partial charge is 0.311 e. The van der Waals surface area contributed by atoms with E-state index in [1.807, 2.05) is 0 Å². The Bertz CT molecular complexity index is 664. The van der Waals surface area contributed by atoms with Crippen LogP contribution in [-0.2, 0) is 0 Å². The summed E-state index contributed by atoms with van der Waals surface area (Å²) in [5.41, 5.74) is 0.493. The Kier molecular flexibility index (Phi) is 4.32. The van der Waals surface area contributed by atoms with Crippen molar-refractivity contribution in [3.05, 3.63) is 57.9 Å². The van der Waals surface area contributed by atoms with Gasteiger partial charge in [-0.1, -0.05) is 12.1 Å². The second-order valence-electron chi connectivity index (χ2n) is 4.40. The molecule has 1 N–H and O–H groups in total. The van der Waals surface area contributed by atoms with Crippen molar-refractivity contribution in [1.29, 1.82) is 0 Å². The Morgan fingerprint density at radius 2 is 2.14 bits per heavy atom. The van der Waals surface area contributed by atoms with E-state index in [0.29, 0.717) is 5.56 Å². The van der Waals surface area contributed by atoms with Gasteiger partial charge in [0.05, 0.1) is 18.1 Å². The Hall–Kier alpha value is -2.70. The lowest BCUT2D eigenvalue weighted by molar-refractivity contribution is -0.384. The first-order chi connectivity index (χ1) is 10.0. The van der Waals surface area contributed by atoms with Crippen LogP contribution >= 0.6 is 0 Å². The van der Waals surface area contributed by atoms with Gasteiger partial charge in [0, 0.05) is 12.1 Å². The second-order valence-corrected chi connectivity index (χ2v) is 4.40. The van der Waals surface area contributed by atoms with Crippen molar-refractivity contribution in [3.8, 4) is 5.88 Å². The molecule has 0 saturated carbocycles. The van der Waals surface area contributed by atoms with Crippen LogP contribution < -0.4 is 10.1 Å². The number of rotatable bonds is 5. The van der Waals surface area contributed by atoms with E-state index in [4.69, 9.17) is 4.74 Å². The van der Waals surface area contributed by atoms with Gasteiger partial charge < -0.3 is 10.1 Å². The maximum absolute atomic E-state index is 13.2. The van der Waals surface area contributed by atoms with Gasteiger partial charge in [-0.15, -0.1) is 0 Å². The van der Waals surface area contributed by atoms with Crippen LogP contribution in [-0.4, -0.2) is 17.0 Å². The highest BCUT2D eigenvalue weighted by molar-refractivity contribution is 5.58. The lowest BCUT2D eigenvalue weighted by atomic mass is 10.1. The Morgan fingerprint density at radius 1 is 1.38 bits per heavy atom. The van der Waals surface area contributed by atoms with Crippen LogP contribution in [0.4, 0.5) is 15.9 Å². The van der Waals surface area contributed by atoms with E-state index in [2.05, 4.69) is 10.3 Å². The molecule has 0 aliphatic carbocycles. The minimum atomic E-state index is -0.535. The van der Waals surface area contributed by atoms with Crippen LogP contribution in [0.5, 0.6) is 5.88 Å². The van der Waals surface area contributed by atoms with E-state index in [-0.39, 0.29) is 29.2 Å². The average Bonchev–Trinajstić information content (AvgIpc) is 2.46. The second kappa shape index (κ2) is 6.17. The first-order valence-corrected chi connectivity index (χ1v) is 6.22. The molecular weight excluding hydrogens is 277 g/mol. The van der Waals surface area contributed by atoms with Gasteiger partial charge in [0.1, 0.15) is 5.82 Å². The molecule has 0 aliphatic rings. The van der Waals surface area contributed by atoms with Crippen molar-refractivity contribution in [2.75, 3.05) is 12.4 Å². The van der Waals surface area contributed by atoms with Crippen LogP contribution in [0.3, 0.4) is 0 Å². The normalized spacial score (nSPS) is 11.8. The number of nitrogens with zero attached hydrogens (tertiary/aromatic N) is 2. The van der Waals surface area contributed by atoms with Crippen molar-refractivity contribution in [3.63, 3.8) is 0 Å². The quantitative estimate of drug-likeness (QED) is 0.675. The fourth-order valence-electron chi connectivity index (χ4n) is 1.87. The fraction of sp³-hybridized carbons (Fsp3) is 0.214. The number of hydrogen-bond acceptors (Lipinski definition) is 5. The largest absolute Gasteiger partial charge is 0.481 e. The van der Waals surface area contributed by atoms with Crippen molar-refractivity contribution >= 4 is 11.5 Å². The summed E-state index contributed by atoms with van der Waals surface area (Å²) in [6, 6.07) is 8.39. The molecule has 1 aromatic heterocycles. The van der Waals surface area contributed by atoms with Crippen LogP contribution in [0.2, 0.25) is 0 Å². The molecule has 1 heterocycles. The average molecular weight is 291 g/mol. The van der Waals surface area contributed by atoms with Gasteiger partial charge in [-0.2, -0.15) is 4.98 Å². The maximum Gasteiger partial charge on any atom is 0.311 e. The molecule has 6 nitrogen and oxygen atoms in total. The summed E-state index contributed by atoms with van der Waals surface area (Å²) in [4.78, 5) is 14.5. The zero-order chi connectivity index (χ0) is 15.4. The molecule has 21 heavy (non-hydrogen) atoms. The predicted molar refractivity (Wildman–Crippen MR) is 75.9 cm³/mol. The Labute approximate surface area is 120 Å². The predicted octanol–water partition coefficient (Wildman–Crippen LogP) is 3.31. The first-order valence-electron chi connectivity index (χ1n) is 6.22. The van der Waals surface area contributed by atoms with Gasteiger partial charge in [-0.05, 0) is 24.6 Å². The molecule has 0 fully saturated rings. The van der Waals surface area contributed by atoms with Crippen LogP contribution in [0.15, 0.2) is 36.4 Å². The molecule has 0 radical (unpaired) electrons. The third kappa shape index (κ3) is 3.44. The highest BCUT2D eigenvalue weighted by atomic mass is 19.1. The number of pyridine rings is 1. The van der Waals surface area contributed by atoms with E-state index >= 15 is 0 Å². The monoisotopic (exact) mass is 291 g/mol. The van der Waals surface area contributed by atoms with E-state index < -0.39 is 4.92 Å². The maximum atomic E-state index is 13.2. The molecule has 0 saturated heterocycles. The third-order valence-corrected chi connectivity index (χ3v) is 2.96. The van der Waals surface area contributed by atoms with E-state index in [1.165, 1.54) is 31.4 Å². The van der Waals surface area contributed by atoms with Crippen LogP contribution in [0.1, 0.15) is 18.5 Å². The molecule has 0 bridgehead atoms. The fourth-order valence-corrected chi connectivity index (χ4v) is 1.87. The number of benzene rings is 1. The number of anilines is 1. The molecular formula is C14H14FN3O3. The highest BCUT2D eigenvalue weighted by Gasteiger charge is 2.18. The van der Waals surface area contributed by atoms with E-state index in [9.17, 15) is 14.5 Å². The molecule has 0 amide bonds. The van der Waals surface area contributed by atoms with Gasteiger partial charge in [0.2, 0.25) is 11.7 Å². The minimum Gasteiger partial charge on any atom is -0.481 e. The summed E-state index contributed by atoms with van der Waals surface area (Å²) in [7, 11) is 1.42. The summed E-state index contributed by atoms with van der Waals surface area (Å²) < 4.78 is 18.2. The molecule has 2 aromatic rings. The number of methoxy groups -OCH3 is 1. The van der Waals surface area contributed by atoms with Gasteiger partial charge in [0.25, 0.3) is 0 Å². The van der Waals surface area contributed by atoms with Gasteiger partial charge in [0.15, 0.2) is 0 Å². The Balaban J connectivity index is 2.31. The SMILES string of the molecule is COc1ccc([N+](=O)[O-])c(NC(C)c2cccc(F)c2)n1. The first kappa shape index (κ1) is 14.7. The summed E-state index contributed by atoms with van der Waals surface area (Å²) in [5.74, 6) is -0.0279. The van der Waals surface area contributed by atoms with Crippen molar-refractivity contribution in [2.45, 2.75) is 13.0 Å². The number of aromatic nitrogens is 1. The van der Waals surface area contributed by atoms with Crippen LogP contribution in [0, 0.1) is 15.9 Å². The summed E-state index contributed by atoms with van der Waals surface area (Å²) >= 11 is 0. The number of nitrogens with one attached hydrogen (secondary N) is 1. The summed E-state index contributed by atoms with van der Waals surface area (Å²) in [6.45, 7) is 1.76. The third-order valence-electron chi connectivity index (χ3n) is 2.96. The number of halogens is 1. The topological polar surface area (TPSA) is 77.3 Å². The Morgan fingerprint density at radius 3 is 2.76 bits per heavy atom. The van der Waals surface area contributed by atoms with Crippen molar-refractivity contribution in [2.24, 2.45) is 0 Å². The van der Waals surface area contributed by atoms with E-state index in [1.54, 1.807) is 19.1 Å². The minimum absolute atomic E-state index is 0.0797. The molecule has 1 aromatic carbocycles.